The number of hydrogen-bond donors (Lipinski definition) is 2. The fourth-order valence-corrected chi connectivity index (χ4v) is 2.47. The monoisotopic (exact) mass is 246 g/mol. The predicted octanol–water partition coefficient (Wildman–Crippen LogP) is 0.321. The van der Waals surface area contributed by atoms with E-state index in [-0.39, 0.29) is 19.3 Å². The van der Waals surface area contributed by atoms with E-state index in [0.29, 0.717) is 0 Å². The van der Waals surface area contributed by atoms with Gasteiger partial charge in [-0.15, -0.1) is 0 Å². The highest BCUT2D eigenvalue weighted by molar-refractivity contribution is 7.86. The summed E-state index contributed by atoms with van der Waals surface area (Å²) in [6, 6.07) is 0. The van der Waals surface area contributed by atoms with Crippen molar-refractivity contribution in [2.45, 2.75) is 31.4 Å². The van der Waals surface area contributed by atoms with Crippen LogP contribution in [-0.2, 0) is 20.2 Å². The van der Waals surface area contributed by atoms with Gasteiger partial charge in [0.1, 0.15) is 0 Å². The number of rotatable bonds is 6. The van der Waals surface area contributed by atoms with Gasteiger partial charge < -0.3 is 0 Å². The van der Waals surface area contributed by atoms with Crippen LogP contribution in [0.2, 0.25) is 0 Å². The standard InChI is InChI=1S/C6H14O6S2/c1-2-6(14(10,11)12)4-3-5-13(7,8)9/h6H,2-5H2,1H3,(H,7,8,9)(H,10,11,12). The minimum Gasteiger partial charge on any atom is -0.286 e. The first-order chi connectivity index (χ1) is 6.17. The Morgan fingerprint density at radius 1 is 1.14 bits per heavy atom. The molecule has 0 aliphatic heterocycles. The lowest BCUT2D eigenvalue weighted by molar-refractivity contribution is 0.453. The van der Waals surface area contributed by atoms with Crippen LogP contribution in [0.15, 0.2) is 0 Å². The molecule has 8 heteroatoms. The van der Waals surface area contributed by atoms with E-state index in [9.17, 15) is 16.8 Å². The molecule has 0 fully saturated rings. The van der Waals surface area contributed by atoms with Crippen molar-refractivity contribution < 1.29 is 25.9 Å². The Balaban J connectivity index is 4.12. The summed E-state index contributed by atoms with van der Waals surface area (Å²) < 4.78 is 58.9. The average molecular weight is 246 g/mol. The Labute approximate surface area is 83.8 Å². The highest BCUT2D eigenvalue weighted by Gasteiger charge is 2.21. The van der Waals surface area contributed by atoms with Crippen molar-refractivity contribution in [2.75, 3.05) is 5.75 Å². The van der Waals surface area contributed by atoms with E-state index in [0.717, 1.165) is 0 Å². The van der Waals surface area contributed by atoms with Crippen molar-refractivity contribution in [1.29, 1.82) is 0 Å². The third kappa shape index (κ3) is 6.30. The predicted molar refractivity (Wildman–Crippen MR) is 51.3 cm³/mol. The number of hydrogen-bond acceptors (Lipinski definition) is 4. The second kappa shape index (κ2) is 5.06. The lowest BCUT2D eigenvalue weighted by Crippen LogP contribution is -2.20. The fourth-order valence-electron chi connectivity index (χ4n) is 1.06. The van der Waals surface area contributed by atoms with E-state index in [1.165, 1.54) is 0 Å². The van der Waals surface area contributed by atoms with Gasteiger partial charge >= 0.3 is 0 Å². The molecule has 0 aromatic heterocycles. The molecule has 1 atom stereocenters. The average Bonchev–Trinajstić information content (AvgIpc) is 1.93. The zero-order chi connectivity index (χ0) is 11.4. The smallest absolute Gasteiger partial charge is 0.267 e. The van der Waals surface area contributed by atoms with Gasteiger partial charge in [0.2, 0.25) is 0 Å². The molecule has 0 saturated heterocycles. The Morgan fingerprint density at radius 3 is 1.93 bits per heavy atom. The van der Waals surface area contributed by atoms with Gasteiger partial charge in [0.15, 0.2) is 0 Å². The van der Waals surface area contributed by atoms with E-state index in [2.05, 4.69) is 0 Å². The molecule has 0 heterocycles. The van der Waals surface area contributed by atoms with E-state index < -0.39 is 31.2 Å². The summed E-state index contributed by atoms with van der Waals surface area (Å²) >= 11 is 0. The molecule has 6 nitrogen and oxygen atoms in total. The van der Waals surface area contributed by atoms with Crippen molar-refractivity contribution in [3.8, 4) is 0 Å². The van der Waals surface area contributed by atoms with Gasteiger partial charge in [0.05, 0.1) is 11.0 Å². The van der Waals surface area contributed by atoms with Gasteiger partial charge in [-0.3, -0.25) is 9.11 Å². The molecule has 0 amide bonds. The Kier molecular flexibility index (Phi) is 4.99. The maximum atomic E-state index is 10.7. The summed E-state index contributed by atoms with van der Waals surface area (Å²) in [6.07, 6.45) is 0.247. The summed E-state index contributed by atoms with van der Waals surface area (Å²) in [5.41, 5.74) is 0. The molecule has 2 N–H and O–H groups in total. The van der Waals surface area contributed by atoms with Crippen molar-refractivity contribution in [2.24, 2.45) is 0 Å². The van der Waals surface area contributed by atoms with Gasteiger partial charge in [-0.25, -0.2) is 0 Å². The SMILES string of the molecule is CCC(CCCS(=O)(=O)O)S(=O)(=O)O. The third-order valence-corrected chi connectivity index (χ3v) is 4.02. The normalized spacial score (nSPS) is 15.4. The molecule has 0 saturated carbocycles. The molecule has 0 aromatic carbocycles. The molecule has 0 spiro atoms. The Hall–Kier alpha value is -0.180. The minimum absolute atomic E-state index is 0.0110. The van der Waals surface area contributed by atoms with Crippen LogP contribution >= 0.6 is 0 Å². The molecule has 0 aliphatic rings. The lowest BCUT2D eigenvalue weighted by Gasteiger charge is -2.09. The van der Waals surface area contributed by atoms with Gasteiger partial charge in [-0.2, -0.15) is 16.8 Å². The van der Waals surface area contributed by atoms with E-state index >= 15 is 0 Å². The van der Waals surface area contributed by atoms with E-state index in [1.807, 2.05) is 0 Å². The second-order valence-electron chi connectivity index (χ2n) is 2.97. The summed E-state index contributed by atoms with van der Waals surface area (Å²) in [7, 11) is -8.16. The van der Waals surface area contributed by atoms with Crippen LogP contribution in [-0.4, -0.2) is 36.9 Å². The topological polar surface area (TPSA) is 109 Å². The van der Waals surface area contributed by atoms with Crippen LogP contribution < -0.4 is 0 Å². The van der Waals surface area contributed by atoms with Crippen molar-refractivity contribution in [3.05, 3.63) is 0 Å². The molecule has 1 unspecified atom stereocenters. The second-order valence-corrected chi connectivity index (χ2v) is 6.24. The van der Waals surface area contributed by atoms with Crippen LogP contribution in [0.1, 0.15) is 26.2 Å². The zero-order valence-corrected chi connectivity index (χ0v) is 9.38. The largest absolute Gasteiger partial charge is 0.286 e. The highest BCUT2D eigenvalue weighted by Crippen LogP contribution is 2.11. The van der Waals surface area contributed by atoms with Crippen LogP contribution in [0, 0.1) is 0 Å². The molecule has 14 heavy (non-hydrogen) atoms. The fraction of sp³-hybridized carbons (Fsp3) is 1.00. The molecular formula is C6H14O6S2. The van der Waals surface area contributed by atoms with Crippen LogP contribution in [0.5, 0.6) is 0 Å². The van der Waals surface area contributed by atoms with Crippen molar-refractivity contribution >= 4 is 20.2 Å². The Morgan fingerprint density at radius 2 is 1.64 bits per heavy atom. The van der Waals surface area contributed by atoms with Crippen molar-refractivity contribution in [3.63, 3.8) is 0 Å². The first kappa shape index (κ1) is 13.8. The highest BCUT2D eigenvalue weighted by atomic mass is 32.2. The summed E-state index contributed by atoms with van der Waals surface area (Å²) in [6.45, 7) is 1.58. The van der Waals surface area contributed by atoms with Gasteiger partial charge in [-0.05, 0) is 19.3 Å². The summed E-state index contributed by atoms with van der Waals surface area (Å²) in [5, 5.41) is -0.954. The molecule has 0 radical (unpaired) electrons. The molecular weight excluding hydrogens is 232 g/mol. The quantitative estimate of drug-likeness (QED) is 0.653. The maximum Gasteiger partial charge on any atom is 0.267 e. The van der Waals surface area contributed by atoms with E-state index in [4.69, 9.17) is 9.11 Å². The lowest BCUT2D eigenvalue weighted by atomic mass is 10.2. The van der Waals surface area contributed by atoms with Crippen LogP contribution in [0.25, 0.3) is 0 Å². The third-order valence-electron chi connectivity index (χ3n) is 1.80. The minimum atomic E-state index is -4.11. The van der Waals surface area contributed by atoms with E-state index in [1.54, 1.807) is 6.92 Å². The first-order valence-corrected chi connectivity index (χ1v) is 7.19. The van der Waals surface area contributed by atoms with Crippen molar-refractivity contribution in [1.82, 2.24) is 0 Å². The molecule has 0 aliphatic carbocycles. The molecule has 86 valence electrons. The summed E-state index contributed by atoms with van der Waals surface area (Å²) in [4.78, 5) is 0. The van der Waals surface area contributed by atoms with Crippen LogP contribution in [0.3, 0.4) is 0 Å². The first-order valence-electron chi connectivity index (χ1n) is 4.08. The van der Waals surface area contributed by atoms with Gasteiger partial charge in [0.25, 0.3) is 20.2 Å². The molecule has 0 rings (SSSR count). The van der Waals surface area contributed by atoms with Crippen LogP contribution in [0.4, 0.5) is 0 Å². The summed E-state index contributed by atoms with van der Waals surface area (Å²) in [5.74, 6) is -0.487. The molecule has 0 bridgehead atoms. The Bertz CT molecular complexity index is 354. The zero-order valence-electron chi connectivity index (χ0n) is 7.75. The molecule has 0 aromatic rings. The van der Waals surface area contributed by atoms with Gasteiger partial charge in [0, 0.05) is 0 Å². The van der Waals surface area contributed by atoms with Gasteiger partial charge in [-0.1, -0.05) is 6.92 Å². The maximum absolute atomic E-state index is 10.7.